The molecule has 0 saturated carbocycles. The number of halogens is 1. The van der Waals surface area contributed by atoms with Crippen LogP contribution in [-0.2, 0) is 0 Å². The number of allylic oxidation sites excluding steroid dienone is 1. The van der Waals surface area contributed by atoms with Crippen molar-refractivity contribution in [2.24, 2.45) is 0 Å². The molecule has 0 aromatic heterocycles. The van der Waals surface area contributed by atoms with Gasteiger partial charge in [-0.05, 0) is 34.4 Å². The number of rotatable bonds is 4. The molecule has 0 heterocycles. The molecule has 0 aliphatic carbocycles. The van der Waals surface area contributed by atoms with E-state index in [0.29, 0.717) is 0 Å². The molecule has 0 saturated heterocycles. The molecule has 24 heavy (non-hydrogen) atoms. The molecule has 1 heteroatoms. The van der Waals surface area contributed by atoms with Gasteiger partial charge in [0.15, 0.2) is 0 Å². The summed E-state index contributed by atoms with van der Waals surface area (Å²) in [6, 6.07) is 26.6. The summed E-state index contributed by atoms with van der Waals surface area (Å²) >= 11 is 0. The molecule has 0 nitrogen and oxygen atoms in total. The highest BCUT2D eigenvalue weighted by atomic mass is 19.1. The molecular formula is C23H17F. The number of benzene rings is 3. The van der Waals surface area contributed by atoms with Crippen molar-refractivity contribution < 1.29 is 4.39 Å². The van der Waals surface area contributed by atoms with E-state index < -0.39 is 0 Å². The van der Waals surface area contributed by atoms with Crippen LogP contribution in [0.15, 0.2) is 91.0 Å². The van der Waals surface area contributed by atoms with Gasteiger partial charge in [0.25, 0.3) is 0 Å². The average molecular weight is 312 g/mol. The summed E-state index contributed by atoms with van der Waals surface area (Å²) in [5, 5.41) is 0. The van der Waals surface area contributed by atoms with Crippen molar-refractivity contribution in [1.29, 1.82) is 0 Å². The molecule has 0 fully saturated rings. The van der Waals surface area contributed by atoms with Crippen LogP contribution in [0, 0.1) is 18.2 Å². The Morgan fingerprint density at radius 2 is 1.29 bits per heavy atom. The second kappa shape index (κ2) is 7.44. The minimum Gasteiger partial charge on any atom is -0.207 e. The summed E-state index contributed by atoms with van der Waals surface area (Å²) in [5.41, 5.74) is 4.18. The SMILES string of the molecule is C#CC(C=C(c1ccccc1)c1ccccc1)c1ccc(F)cc1. The molecule has 3 rings (SSSR count). The van der Waals surface area contributed by atoms with Crippen LogP contribution in [-0.4, -0.2) is 0 Å². The maximum Gasteiger partial charge on any atom is 0.123 e. The lowest BCUT2D eigenvalue weighted by Crippen LogP contribution is -1.96. The predicted molar refractivity (Wildman–Crippen MR) is 97.9 cm³/mol. The van der Waals surface area contributed by atoms with Crippen LogP contribution in [0.4, 0.5) is 4.39 Å². The second-order valence-corrected chi connectivity index (χ2v) is 5.51. The van der Waals surface area contributed by atoms with Gasteiger partial charge in [-0.15, -0.1) is 6.42 Å². The number of hydrogen-bond donors (Lipinski definition) is 0. The van der Waals surface area contributed by atoms with Gasteiger partial charge in [-0.3, -0.25) is 0 Å². The van der Waals surface area contributed by atoms with E-state index in [-0.39, 0.29) is 11.7 Å². The zero-order chi connectivity index (χ0) is 16.8. The fourth-order valence-corrected chi connectivity index (χ4v) is 2.67. The fraction of sp³-hybridized carbons (Fsp3) is 0.0435. The highest BCUT2D eigenvalue weighted by molar-refractivity contribution is 5.80. The molecule has 0 spiro atoms. The van der Waals surface area contributed by atoms with Crippen LogP contribution in [0.5, 0.6) is 0 Å². The van der Waals surface area contributed by atoms with Gasteiger partial charge in [-0.2, -0.15) is 0 Å². The first-order valence-corrected chi connectivity index (χ1v) is 7.82. The Morgan fingerprint density at radius 3 is 1.75 bits per heavy atom. The van der Waals surface area contributed by atoms with Crippen LogP contribution in [0.3, 0.4) is 0 Å². The van der Waals surface area contributed by atoms with Crippen LogP contribution >= 0.6 is 0 Å². The van der Waals surface area contributed by atoms with Gasteiger partial charge in [-0.25, -0.2) is 4.39 Å². The summed E-state index contributed by atoms with van der Waals surface area (Å²) in [7, 11) is 0. The van der Waals surface area contributed by atoms with Crippen molar-refractivity contribution in [3.8, 4) is 12.3 Å². The van der Waals surface area contributed by atoms with Gasteiger partial charge in [0.1, 0.15) is 5.82 Å². The average Bonchev–Trinajstić information content (AvgIpc) is 2.65. The van der Waals surface area contributed by atoms with E-state index in [1.807, 2.05) is 36.4 Å². The van der Waals surface area contributed by atoms with Gasteiger partial charge < -0.3 is 0 Å². The monoisotopic (exact) mass is 312 g/mol. The summed E-state index contributed by atoms with van der Waals surface area (Å²) in [6.07, 6.45) is 7.83. The predicted octanol–water partition coefficient (Wildman–Crippen LogP) is 5.67. The smallest absolute Gasteiger partial charge is 0.123 e. The van der Waals surface area contributed by atoms with Crippen molar-refractivity contribution in [1.82, 2.24) is 0 Å². The Hall–Kier alpha value is -3.11. The third-order valence-electron chi connectivity index (χ3n) is 3.91. The van der Waals surface area contributed by atoms with Crippen LogP contribution in [0.1, 0.15) is 22.6 Å². The molecule has 0 aliphatic rings. The molecule has 0 N–H and O–H groups in total. The standard InChI is InChI=1S/C23H17F/c1-2-18(19-13-15-22(24)16-14-19)17-23(20-9-5-3-6-10-20)21-11-7-4-8-12-21/h1,3-18H. The Bertz CT molecular complexity index is 812. The zero-order valence-corrected chi connectivity index (χ0v) is 13.2. The minimum absolute atomic E-state index is 0.221. The molecule has 0 aliphatic heterocycles. The Labute approximate surface area is 142 Å². The largest absolute Gasteiger partial charge is 0.207 e. The maximum absolute atomic E-state index is 13.2. The normalized spacial score (nSPS) is 11.3. The third kappa shape index (κ3) is 3.62. The molecule has 3 aromatic carbocycles. The number of hydrogen-bond acceptors (Lipinski definition) is 0. The van der Waals surface area contributed by atoms with E-state index in [4.69, 9.17) is 6.42 Å². The van der Waals surface area contributed by atoms with E-state index in [1.54, 1.807) is 12.1 Å². The molecule has 116 valence electrons. The van der Waals surface area contributed by atoms with Gasteiger partial charge in [0.2, 0.25) is 0 Å². The van der Waals surface area contributed by atoms with Crippen LogP contribution < -0.4 is 0 Å². The summed E-state index contributed by atoms with van der Waals surface area (Å²) in [5.74, 6) is 2.33. The first kappa shape index (κ1) is 15.8. The van der Waals surface area contributed by atoms with E-state index in [2.05, 4.69) is 36.3 Å². The Kier molecular flexibility index (Phi) is 4.89. The van der Waals surface area contributed by atoms with Crippen molar-refractivity contribution in [3.05, 3.63) is 114 Å². The third-order valence-corrected chi connectivity index (χ3v) is 3.91. The summed E-state index contributed by atoms with van der Waals surface area (Å²) in [6.45, 7) is 0. The number of terminal acetylenes is 1. The fourth-order valence-electron chi connectivity index (χ4n) is 2.67. The summed E-state index contributed by atoms with van der Waals surface area (Å²) in [4.78, 5) is 0. The molecule has 1 unspecified atom stereocenters. The molecule has 3 aromatic rings. The maximum atomic E-state index is 13.2. The highest BCUT2D eigenvalue weighted by Crippen LogP contribution is 2.28. The molecule has 0 amide bonds. The Morgan fingerprint density at radius 1 is 0.792 bits per heavy atom. The summed E-state index contributed by atoms with van der Waals surface area (Å²) < 4.78 is 13.2. The van der Waals surface area contributed by atoms with E-state index >= 15 is 0 Å². The van der Waals surface area contributed by atoms with Crippen molar-refractivity contribution >= 4 is 5.57 Å². The highest BCUT2D eigenvalue weighted by Gasteiger charge is 2.10. The first-order valence-electron chi connectivity index (χ1n) is 7.82. The molecular weight excluding hydrogens is 295 g/mol. The van der Waals surface area contributed by atoms with Gasteiger partial charge in [-0.1, -0.05) is 84.8 Å². The van der Waals surface area contributed by atoms with Crippen molar-refractivity contribution in [3.63, 3.8) is 0 Å². The first-order chi connectivity index (χ1) is 11.8. The molecule has 1 atom stereocenters. The van der Waals surface area contributed by atoms with Crippen molar-refractivity contribution in [2.45, 2.75) is 5.92 Å². The topological polar surface area (TPSA) is 0 Å². The van der Waals surface area contributed by atoms with Crippen molar-refractivity contribution in [2.75, 3.05) is 0 Å². The zero-order valence-electron chi connectivity index (χ0n) is 13.2. The van der Waals surface area contributed by atoms with Gasteiger partial charge >= 0.3 is 0 Å². The Balaban J connectivity index is 2.09. The second-order valence-electron chi connectivity index (χ2n) is 5.51. The molecule has 0 radical (unpaired) electrons. The quantitative estimate of drug-likeness (QED) is 0.544. The lowest BCUT2D eigenvalue weighted by molar-refractivity contribution is 0.627. The van der Waals surface area contributed by atoms with E-state index in [1.165, 1.54) is 12.1 Å². The van der Waals surface area contributed by atoms with Gasteiger partial charge in [0.05, 0.1) is 5.92 Å². The lowest BCUT2D eigenvalue weighted by Gasteiger charge is -2.13. The van der Waals surface area contributed by atoms with Crippen LogP contribution in [0.25, 0.3) is 5.57 Å². The lowest BCUT2D eigenvalue weighted by atomic mass is 9.91. The van der Waals surface area contributed by atoms with Crippen LogP contribution in [0.2, 0.25) is 0 Å². The molecule has 0 bridgehead atoms. The van der Waals surface area contributed by atoms with E-state index in [9.17, 15) is 4.39 Å². The van der Waals surface area contributed by atoms with E-state index in [0.717, 1.165) is 22.3 Å². The minimum atomic E-state index is -0.259. The van der Waals surface area contributed by atoms with Gasteiger partial charge in [0, 0.05) is 0 Å².